The number of benzene rings is 1. The van der Waals surface area contributed by atoms with Crippen LogP contribution in [0.5, 0.6) is 0 Å². The summed E-state index contributed by atoms with van der Waals surface area (Å²) >= 11 is 0. The number of carbonyl (C=O) groups is 1. The highest BCUT2D eigenvalue weighted by molar-refractivity contribution is 7.90. The Morgan fingerprint density at radius 1 is 1.22 bits per heavy atom. The van der Waals surface area contributed by atoms with E-state index in [1.165, 1.54) is 6.26 Å². The molecule has 2 fully saturated rings. The van der Waals surface area contributed by atoms with E-state index in [9.17, 15) is 13.2 Å². The third-order valence-electron chi connectivity index (χ3n) is 4.52. The average molecular weight is 338 g/mol. The molecule has 2 aliphatic rings. The molecule has 0 radical (unpaired) electrons. The standard InChI is InChI=1S/C16H22N2O4S/c1-17-11-16(22-15(17)19)8-3-9-18(12-16)10-13-4-6-14(7-5-13)23(2,20)21/h4-7H,3,8-12H2,1-2H3/t16-/m1/s1. The molecular weight excluding hydrogens is 316 g/mol. The lowest BCUT2D eigenvalue weighted by Crippen LogP contribution is -2.50. The predicted molar refractivity (Wildman–Crippen MR) is 85.9 cm³/mol. The Bertz CT molecular complexity index is 701. The summed E-state index contributed by atoms with van der Waals surface area (Å²) in [6.07, 6.45) is 2.85. The van der Waals surface area contributed by atoms with Crippen LogP contribution in [-0.2, 0) is 21.1 Å². The van der Waals surface area contributed by atoms with E-state index in [1.807, 2.05) is 12.1 Å². The van der Waals surface area contributed by atoms with Crippen molar-refractivity contribution >= 4 is 15.9 Å². The van der Waals surface area contributed by atoms with Crippen molar-refractivity contribution in [2.45, 2.75) is 29.9 Å². The lowest BCUT2D eigenvalue weighted by atomic mass is 9.92. The van der Waals surface area contributed by atoms with E-state index in [4.69, 9.17) is 4.74 Å². The van der Waals surface area contributed by atoms with Crippen molar-refractivity contribution in [3.8, 4) is 0 Å². The van der Waals surface area contributed by atoms with Gasteiger partial charge in [-0.2, -0.15) is 0 Å². The number of sulfone groups is 1. The molecule has 126 valence electrons. The second kappa shape index (κ2) is 5.79. The van der Waals surface area contributed by atoms with Crippen LogP contribution in [0, 0.1) is 0 Å². The lowest BCUT2D eigenvalue weighted by molar-refractivity contribution is -0.0113. The molecule has 0 N–H and O–H groups in total. The largest absolute Gasteiger partial charge is 0.440 e. The third kappa shape index (κ3) is 3.50. The Kier molecular flexibility index (Phi) is 4.10. The molecular formula is C16H22N2O4S. The highest BCUT2D eigenvalue weighted by atomic mass is 32.2. The van der Waals surface area contributed by atoms with Gasteiger partial charge in [-0.05, 0) is 37.1 Å². The van der Waals surface area contributed by atoms with Crippen LogP contribution in [0.3, 0.4) is 0 Å². The van der Waals surface area contributed by atoms with E-state index >= 15 is 0 Å². The second-order valence-electron chi connectivity index (χ2n) is 6.64. The molecule has 7 heteroatoms. The van der Waals surface area contributed by atoms with Crippen LogP contribution in [-0.4, -0.2) is 62.8 Å². The quantitative estimate of drug-likeness (QED) is 0.836. The topological polar surface area (TPSA) is 66.9 Å². The number of amides is 1. The molecule has 1 spiro atoms. The van der Waals surface area contributed by atoms with Gasteiger partial charge in [0.15, 0.2) is 9.84 Å². The molecule has 6 nitrogen and oxygen atoms in total. The predicted octanol–water partition coefficient (Wildman–Crippen LogP) is 1.51. The molecule has 0 saturated carbocycles. The Labute approximate surface area is 136 Å². The van der Waals surface area contributed by atoms with Crippen molar-refractivity contribution in [2.75, 3.05) is 32.9 Å². The molecule has 2 aliphatic heterocycles. The molecule has 0 aliphatic carbocycles. The van der Waals surface area contributed by atoms with Gasteiger partial charge in [-0.1, -0.05) is 12.1 Å². The van der Waals surface area contributed by atoms with Gasteiger partial charge in [-0.3, -0.25) is 4.90 Å². The normalized spacial score (nSPS) is 25.8. The van der Waals surface area contributed by atoms with Gasteiger partial charge in [-0.15, -0.1) is 0 Å². The van der Waals surface area contributed by atoms with Gasteiger partial charge < -0.3 is 9.64 Å². The highest BCUT2D eigenvalue weighted by Gasteiger charge is 2.46. The molecule has 23 heavy (non-hydrogen) atoms. The monoisotopic (exact) mass is 338 g/mol. The van der Waals surface area contributed by atoms with Gasteiger partial charge in [0.25, 0.3) is 0 Å². The first-order valence-electron chi connectivity index (χ1n) is 7.73. The SMILES string of the molecule is CN1C[C@@]2(CCCN(Cc3ccc(S(C)(=O)=O)cc3)C2)OC1=O. The van der Waals surface area contributed by atoms with Gasteiger partial charge in [0.05, 0.1) is 11.4 Å². The fourth-order valence-electron chi connectivity index (χ4n) is 3.43. The van der Waals surface area contributed by atoms with Gasteiger partial charge in [0.1, 0.15) is 5.60 Å². The maximum atomic E-state index is 11.7. The van der Waals surface area contributed by atoms with E-state index in [2.05, 4.69) is 4.90 Å². The minimum Gasteiger partial charge on any atom is -0.440 e. The number of hydrogen-bond acceptors (Lipinski definition) is 5. The van der Waals surface area contributed by atoms with Gasteiger partial charge in [0, 0.05) is 26.4 Å². The summed E-state index contributed by atoms with van der Waals surface area (Å²) in [5.74, 6) is 0. The summed E-state index contributed by atoms with van der Waals surface area (Å²) in [5, 5.41) is 0. The van der Waals surface area contributed by atoms with Crippen LogP contribution in [0.25, 0.3) is 0 Å². The Hall–Kier alpha value is -1.60. The molecule has 0 bridgehead atoms. The Morgan fingerprint density at radius 3 is 2.48 bits per heavy atom. The summed E-state index contributed by atoms with van der Waals surface area (Å²) in [7, 11) is -1.40. The summed E-state index contributed by atoms with van der Waals surface area (Å²) in [5.41, 5.74) is 0.670. The van der Waals surface area contributed by atoms with E-state index in [1.54, 1.807) is 24.1 Å². The van der Waals surface area contributed by atoms with Crippen molar-refractivity contribution in [3.05, 3.63) is 29.8 Å². The van der Waals surface area contributed by atoms with E-state index in [0.717, 1.165) is 38.0 Å². The molecule has 1 aromatic carbocycles. The lowest BCUT2D eigenvalue weighted by Gasteiger charge is -2.38. The molecule has 2 saturated heterocycles. The molecule has 0 aromatic heterocycles. The number of ether oxygens (including phenoxy) is 1. The smallest absolute Gasteiger partial charge is 0.410 e. The van der Waals surface area contributed by atoms with E-state index < -0.39 is 15.4 Å². The summed E-state index contributed by atoms with van der Waals surface area (Å²) in [4.78, 5) is 15.9. The highest BCUT2D eigenvalue weighted by Crippen LogP contribution is 2.32. The minimum atomic E-state index is -3.16. The van der Waals surface area contributed by atoms with Crippen molar-refractivity contribution < 1.29 is 17.9 Å². The van der Waals surface area contributed by atoms with E-state index in [0.29, 0.717) is 11.4 Å². The summed E-state index contributed by atoms with van der Waals surface area (Å²) in [6, 6.07) is 7.00. The van der Waals surface area contributed by atoms with Crippen molar-refractivity contribution in [3.63, 3.8) is 0 Å². The molecule has 0 unspecified atom stereocenters. The van der Waals surface area contributed by atoms with Crippen molar-refractivity contribution in [1.82, 2.24) is 9.80 Å². The van der Waals surface area contributed by atoms with Crippen LogP contribution < -0.4 is 0 Å². The second-order valence-corrected chi connectivity index (χ2v) is 8.65. The number of carbonyl (C=O) groups excluding carboxylic acids is 1. The van der Waals surface area contributed by atoms with Gasteiger partial charge in [0.2, 0.25) is 0 Å². The van der Waals surface area contributed by atoms with Gasteiger partial charge >= 0.3 is 6.09 Å². The number of likely N-dealkylation sites (tertiary alicyclic amines) is 1. The van der Waals surface area contributed by atoms with Gasteiger partial charge in [-0.25, -0.2) is 13.2 Å². The zero-order valence-corrected chi connectivity index (χ0v) is 14.3. The Balaban J connectivity index is 1.67. The first kappa shape index (κ1) is 16.3. The summed E-state index contributed by atoms with van der Waals surface area (Å²) < 4.78 is 28.6. The number of piperidine rings is 1. The number of likely N-dealkylation sites (N-methyl/N-ethyl adjacent to an activating group) is 1. The molecule has 1 atom stereocenters. The van der Waals surface area contributed by atoms with Crippen molar-refractivity contribution in [1.29, 1.82) is 0 Å². The van der Waals surface area contributed by atoms with Crippen LogP contribution in [0.4, 0.5) is 4.79 Å². The number of nitrogens with zero attached hydrogens (tertiary/aromatic N) is 2. The maximum Gasteiger partial charge on any atom is 0.410 e. The zero-order chi connectivity index (χ0) is 16.7. The number of hydrogen-bond donors (Lipinski definition) is 0. The molecule has 1 aromatic rings. The van der Waals surface area contributed by atoms with Crippen LogP contribution in [0.15, 0.2) is 29.2 Å². The van der Waals surface area contributed by atoms with Crippen LogP contribution in [0.1, 0.15) is 18.4 Å². The first-order chi connectivity index (χ1) is 10.8. The summed E-state index contributed by atoms with van der Waals surface area (Å²) in [6.45, 7) is 3.04. The average Bonchev–Trinajstić information content (AvgIpc) is 2.72. The maximum absolute atomic E-state index is 11.7. The minimum absolute atomic E-state index is 0.246. The molecule has 2 heterocycles. The Morgan fingerprint density at radius 2 is 1.91 bits per heavy atom. The van der Waals surface area contributed by atoms with Crippen LogP contribution in [0.2, 0.25) is 0 Å². The molecule has 3 rings (SSSR count). The zero-order valence-electron chi connectivity index (χ0n) is 13.5. The fraction of sp³-hybridized carbons (Fsp3) is 0.562. The van der Waals surface area contributed by atoms with Crippen LogP contribution >= 0.6 is 0 Å². The molecule has 1 amide bonds. The van der Waals surface area contributed by atoms with Crippen molar-refractivity contribution in [2.24, 2.45) is 0 Å². The van der Waals surface area contributed by atoms with E-state index in [-0.39, 0.29) is 6.09 Å². The third-order valence-corrected chi connectivity index (χ3v) is 5.65. The first-order valence-corrected chi connectivity index (χ1v) is 9.62. The fourth-order valence-corrected chi connectivity index (χ4v) is 4.06. The number of rotatable bonds is 3.